The summed E-state index contributed by atoms with van der Waals surface area (Å²) in [6, 6.07) is 58.5. The minimum Gasteiger partial charge on any atom is -0.455 e. The molecule has 0 atom stereocenters. The molecule has 0 unspecified atom stereocenters. The van der Waals surface area contributed by atoms with Crippen molar-refractivity contribution < 1.29 is 4.42 Å². The second-order valence-electron chi connectivity index (χ2n) is 11.4. The molecule has 206 valence electrons. The van der Waals surface area contributed by atoms with Crippen molar-refractivity contribution in [3.05, 3.63) is 164 Å². The molecule has 0 saturated carbocycles. The van der Waals surface area contributed by atoms with Crippen molar-refractivity contribution in [1.82, 2.24) is 4.57 Å². The zero-order chi connectivity index (χ0) is 29.0. The monoisotopic (exact) mass is 561 g/mol. The first-order valence-corrected chi connectivity index (χ1v) is 15.0. The largest absolute Gasteiger partial charge is 0.455 e. The summed E-state index contributed by atoms with van der Waals surface area (Å²) in [7, 11) is 0. The predicted octanol–water partition coefficient (Wildman–Crippen LogP) is 11.7. The molecule has 0 aliphatic rings. The van der Waals surface area contributed by atoms with Gasteiger partial charge in [0, 0.05) is 32.8 Å². The summed E-state index contributed by atoms with van der Waals surface area (Å²) in [5.41, 5.74) is 12.5. The maximum atomic E-state index is 6.29. The van der Waals surface area contributed by atoms with E-state index in [1.165, 1.54) is 44.1 Å². The molecule has 2 heteroatoms. The van der Waals surface area contributed by atoms with Crippen molar-refractivity contribution in [2.24, 2.45) is 0 Å². The van der Waals surface area contributed by atoms with Crippen LogP contribution >= 0.6 is 0 Å². The third kappa shape index (κ3) is 3.89. The molecule has 0 aliphatic heterocycles. The minimum atomic E-state index is 0.923. The Balaban J connectivity index is 1.04. The molecule has 0 saturated heterocycles. The van der Waals surface area contributed by atoms with Crippen LogP contribution in [0.25, 0.3) is 82.8 Å². The lowest BCUT2D eigenvalue weighted by Crippen LogP contribution is -1.93. The fourth-order valence-corrected chi connectivity index (χ4v) is 6.70. The van der Waals surface area contributed by atoms with Gasteiger partial charge in [0.2, 0.25) is 0 Å². The van der Waals surface area contributed by atoms with Crippen LogP contribution < -0.4 is 0 Å². The Bertz CT molecular complexity index is 2420. The highest BCUT2D eigenvalue weighted by molar-refractivity contribution is 6.10. The zero-order valence-corrected chi connectivity index (χ0v) is 23.9. The van der Waals surface area contributed by atoms with E-state index in [0.29, 0.717) is 0 Å². The van der Waals surface area contributed by atoms with Crippen LogP contribution in [0.15, 0.2) is 168 Å². The summed E-state index contributed by atoms with van der Waals surface area (Å²) in [5.74, 6) is 0. The molecule has 0 fully saturated rings. The lowest BCUT2D eigenvalue weighted by atomic mass is 9.96. The number of para-hydroxylation sites is 4. The van der Waals surface area contributed by atoms with Crippen molar-refractivity contribution in [3.8, 4) is 39.1 Å². The van der Waals surface area contributed by atoms with Crippen molar-refractivity contribution in [2.75, 3.05) is 0 Å². The molecule has 2 heterocycles. The van der Waals surface area contributed by atoms with Gasteiger partial charge in [-0.15, -0.1) is 0 Å². The van der Waals surface area contributed by atoms with Gasteiger partial charge in [-0.3, -0.25) is 0 Å². The van der Waals surface area contributed by atoms with Gasteiger partial charge in [0.05, 0.1) is 11.0 Å². The van der Waals surface area contributed by atoms with Crippen LogP contribution in [0, 0.1) is 0 Å². The van der Waals surface area contributed by atoms with Gasteiger partial charge in [-0.1, -0.05) is 127 Å². The van der Waals surface area contributed by atoms with Crippen molar-refractivity contribution >= 4 is 43.7 Å². The molecule has 9 rings (SSSR count). The van der Waals surface area contributed by atoms with E-state index in [1.54, 1.807) is 0 Å². The number of nitrogens with zero attached hydrogens (tertiary/aromatic N) is 1. The lowest BCUT2D eigenvalue weighted by molar-refractivity contribution is 0.670. The average Bonchev–Trinajstić information content (AvgIpc) is 3.65. The molecule has 0 radical (unpaired) electrons. The predicted molar refractivity (Wildman–Crippen MR) is 184 cm³/mol. The molecule has 7 aromatic carbocycles. The third-order valence-electron chi connectivity index (χ3n) is 8.84. The maximum absolute atomic E-state index is 6.29. The quantitative estimate of drug-likeness (QED) is 0.209. The zero-order valence-electron chi connectivity index (χ0n) is 23.9. The molecule has 2 aromatic heterocycles. The Morgan fingerprint density at radius 1 is 0.364 bits per heavy atom. The van der Waals surface area contributed by atoms with Gasteiger partial charge >= 0.3 is 0 Å². The summed E-state index contributed by atoms with van der Waals surface area (Å²) in [6.07, 6.45) is 0. The van der Waals surface area contributed by atoms with E-state index in [2.05, 4.69) is 156 Å². The van der Waals surface area contributed by atoms with E-state index < -0.39 is 0 Å². The fraction of sp³-hybridized carbons (Fsp3) is 0. The second kappa shape index (κ2) is 9.86. The molecule has 0 N–H and O–H groups in total. The molecular weight excluding hydrogens is 534 g/mol. The molecule has 0 amide bonds. The van der Waals surface area contributed by atoms with E-state index in [-0.39, 0.29) is 0 Å². The van der Waals surface area contributed by atoms with E-state index in [4.69, 9.17) is 4.42 Å². The topological polar surface area (TPSA) is 18.1 Å². The van der Waals surface area contributed by atoms with Crippen LogP contribution in [0.2, 0.25) is 0 Å². The van der Waals surface area contributed by atoms with Crippen LogP contribution in [0.5, 0.6) is 0 Å². The number of rotatable bonds is 4. The van der Waals surface area contributed by atoms with Crippen molar-refractivity contribution in [2.45, 2.75) is 0 Å². The summed E-state index contributed by atoms with van der Waals surface area (Å²) >= 11 is 0. The first kappa shape index (κ1) is 24.7. The van der Waals surface area contributed by atoms with Crippen LogP contribution in [0.1, 0.15) is 0 Å². The highest BCUT2D eigenvalue weighted by Crippen LogP contribution is 2.37. The number of fused-ring (bicyclic) bond motifs is 6. The van der Waals surface area contributed by atoms with Gasteiger partial charge in [0.1, 0.15) is 11.2 Å². The van der Waals surface area contributed by atoms with Crippen molar-refractivity contribution in [3.63, 3.8) is 0 Å². The molecule has 44 heavy (non-hydrogen) atoms. The van der Waals surface area contributed by atoms with Crippen LogP contribution in [-0.4, -0.2) is 4.57 Å². The normalized spacial score (nSPS) is 11.6. The first-order valence-electron chi connectivity index (χ1n) is 15.0. The summed E-state index contributed by atoms with van der Waals surface area (Å²) < 4.78 is 8.65. The van der Waals surface area contributed by atoms with E-state index in [0.717, 1.165) is 38.8 Å². The fourth-order valence-electron chi connectivity index (χ4n) is 6.70. The third-order valence-corrected chi connectivity index (χ3v) is 8.84. The Morgan fingerprint density at radius 2 is 0.886 bits per heavy atom. The van der Waals surface area contributed by atoms with Gasteiger partial charge in [0.15, 0.2) is 0 Å². The smallest absolute Gasteiger partial charge is 0.143 e. The standard InChI is InChI=1S/C42H27NO/c1-4-16-39-35(11-1)36-12-2-5-17-40(36)43(39)33-25-23-29(24-26-33)32-10-7-9-31(27-32)28-19-21-30(22-20-28)34-14-8-15-38-37-13-3-6-18-41(37)44-42(34)38/h1-27H. The van der Waals surface area contributed by atoms with E-state index in [9.17, 15) is 0 Å². The lowest BCUT2D eigenvalue weighted by Gasteiger charge is -2.11. The maximum Gasteiger partial charge on any atom is 0.143 e. The Labute approximate surface area is 255 Å². The molecule has 0 aliphatic carbocycles. The Hall–Kier alpha value is -5.86. The average molecular weight is 562 g/mol. The second-order valence-corrected chi connectivity index (χ2v) is 11.4. The first-order chi connectivity index (χ1) is 21.8. The number of furan rings is 1. The van der Waals surface area contributed by atoms with Crippen LogP contribution in [0.3, 0.4) is 0 Å². The number of benzene rings is 7. The van der Waals surface area contributed by atoms with E-state index >= 15 is 0 Å². The van der Waals surface area contributed by atoms with Gasteiger partial charge in [-0.05, 0) is 64.2 Å². The van der Waals surface area contributed by atoms with Crippen molar-refractivity contribution in [1.29, 1.82) is 0 Å². The highest BCUT2D eigenvalue weighted by atomic mass is 16.3. The van der Waals surface area contributed by atoms with Gasteiger partial charge in [0.25, 0.3) is 0 Å². The van der Waals surface area contributed by atoms with Gasteiger partial charge in [-0.2, -0.15) is 0 Å². The molecule has 2 nitrogen and oxygen atoms in total. The summed E-state index contributed by atoms with van der Waals surface area (Å²) in [6.45, 7) is 0. The van der Waals surface area contributed by atoms with Crippen LogP contribution in [-0.2, 0) is 0 Å². The van der Waals surface area contributed by atoms with E-state index in [1.807, 2.05) is 12.1 Å². The Kier molecular flexibility index (Phi) is 5.54. The summed E-state index contributed by atoms with van der Waals surface area (Å²) in [4.78, 5) is 0. The molecular formula is C42H27NO. The summed E-state index contributed by atoms with van der Waals surface area (Å²) in [5, 5.41) is 4.86. The highest BCUT2D eigenvalue weighted by Gasteiger charge is 2.13. The molecule has 0 spiro atoms. The molecule has 9 aromatic rings. The SMILES string of the molecule is c1cc(-c2ccc(-c3cccc4c3oc3ccccc34)cc2)cc(-c2ccc(-n3c4ccccc4c4ccccc43)cc2)c1. The number of hydrogen-bond acceptors (Lipinski definition) is 1. The minimum absolute atomic E-state index is 0.923. The van der Waals surface area contributed by atoms with Gasteiger partial charge < -0.3 is 8.98 Å². The molecule has 0 bridgehead atoms. The Morgan fingerprint density at radius 3 is 1.57 bits per heavy atom. The number of aromatic nitrogens is 1. The van der Waals surface area contributed by atoms with Crippen LogP contribution in [0.4, 0.5) is 0 Å². The number of hydrogen-bond donors (Lipinski definition) is 0. The van der Waals surface area contributed by atoms with Gasteiger partial charge in [-0.25, -0.2) is 0 Å².